The van der Waals surface area contributed by atoms with E-state index in [1.54, 1.807) is 0 Å². The van der Waals surface area contributed by atoms with Crippen molar-refractivity contribution in [2.45, 2.75) is 45.1 Å². The van der Waals surface area contributed by atoms with E-state index in [-0.39, 0.29) is 0 Å². The zero-order valence-electron chi connectivity index (χ0n) is 11.5. The van der Waals surface area contributed by atoms with Gasteiger partial charge in [0.1, 0.15) is 11.9 Å². The molecule has 0 N–H and O–H groups in total. The van der Waals surface area contributed by atoms with Gasteiger partial charge in [-0.2, -0.15) is 0 Å². The lowest BCUT2D eigenvalue weighted by Crippen LogP contribution is -2.38. The number of unbranched alkanes of at least 4 members (excludes halogenated alkanes) is 2. The summed E-state index contributed by atoms with van der Waals surface area (Å²) in [6.45, 7) is 5.92. The molecule has 1 aliphatic heterocycles. The van der Waals surface area contributed by atoms with Crippen LogP contribution in [0.5, 0.6) is 5.75 Å². The van der Waals surface area contributed by atoms with Crippen LogP contribution >= 0.6 is 0 Å². The molecule has 2 rings (SSSR count). The summed E-state index contributed by atoms with van der Waals surface area (Å²) in [6, 6.07) is 10.2. The molecule has 2 heteroatoms. The van der Waals surface area contributed by atoms with Gasteiger partial charge in [0.05, 0.1) is 0 Å². The monoisotopic (exact) mass is 247 g/mol. The van der Waals surface area contributed by atoms with Crippen molar-refractivity contribution in [3.05, 3.63) is 30.3 Å². The van der Waals surface area contributed by atoms with Crippen molar-refractivity contribution in [2.75, 3.05) is 19.6 Å². The number of rotatable bonds is 6. The van der Waals surface area contributed by atoms with Gasteiger partial charge in [-0.15, -0.1) is 0 Å². The molecule has 0 bridgehead atoms. The Kier molecular flexibility index (Phi) is 5.53. The van der Waals surface area contributed by atoms with E-state index < -0.39 is 0 Å². The van der Waals surface area contributed by atoms with Crippen molar-refractivity contribution in [1.29, 1.82) is 0 Å². The van der Waals surface area contributed by atoms with E-state index >= 15 is 0 Å². The second kappa shape index (κ2) is 7.42. The van der Waals surface area contributed by atoms with E-state index in [9.17, 15) is 0 Å². The molecule has 0 amide bonds. The quantitative estimate of drug-likeness (QED) is 0.710. The summed E-state index contributed by atoms with van der Waals surface area (Å²) < 4.78 is 6.00. The average molecular weight is 247 g/mol. The molecule has 2 nitrogen and oxygen atoms in total. The van der Waals surface area contributed by atoms with Crippen LogP contribution in [0.3, 0.4) is 0 Å². The van der Waals surface area contributed by atoms with Crippen LogP contribution in [0.15, 0.2) is 30.3 Å². The third kappa shape index (κ3) is 4.34. The highest BCUT2D eigenvalue weighted by atomic mass is 16.5. The summed E-state index contributed by atoms with van der Waals surface area (Å²) in [5, 5.41) is 0. The molecule has 1 fully saturated rings. The summed E-state index contributed by atoms with van der Waals surface area (Å²) in [6.07, 6.45) is 6.77. The molecule has 0 radical (unpaired) electrons. The number of ether oxygens (including phenoxy) is 1. The number of nitrogens with zero attached hydrogens (tertiary/aromatic N) is 1. The zero-order chi connectivity index (χ0) is 12.6. The van der Waals surface area contributed by atoms with Crippen LogP contribution in [0.25, 0.3) is 0 Å². The summed E-state index contributed by atoms with van der Waals surface area (Å²) in [4.78, 5) is 2.58. The Balaban J connectivity index is 1.67. The van der Waals surface area contributed by atoms with Gasteiger partial charge in [-0.3, -0.25) is 0 Å². The lowest BCUT2D eigenvalue weighted by molar-refractivity contribution is 0.0996. The van der Waals surface area contributed by atoms with Crippen LogP contribution in [-0.2, 0) is 0 Å². The average Bonchev–Trinajstić information content (AvgIpc) is 2.42. The number of hydrogen-bond acceptors (Lipinski definition) is 2. The fraction of sp³-hybridized carbons (Fsp3) is 0.625. The molecule has 0 saturated carbocycles. The van der Waals surface area contributed by atoms with Crippen LogP contribution in [0, 0.1) is 0 Å². The highest BCUT2D eigenvalue weighted by Gasteiger charge is 2.19. The third-order valence-electron chi connectivity index (χ3n) is 3.66. The van der Waals surface area contributed by atoms with Crippen LogP contribution in [0.4, 0.5) is 0 Å². The minimum atomic E-state index is 0.412. The number of para-hydroxylation sites is 1. The Morgan fingerprint density at radius 3 is 2.50 bits per heavy atom. The molecular formula is C16H25NO. The molecule has 1 aliphatic rings. The first kappa shape index (κ1) is 13.4. The Morgan fingerprint density at radius 2 is 1.83 bits per heavy atom. The Hall–Kier alpha value is -1.02. The predicted molar refractivity (Wildman–Crippen MR) is 76.1 cm³/mol. The molecule has 0 atom stereocenters. The molecule has 1 aromatic rings. The molecular weight excluding hydrogens is 222 g/mol. The number of benzene rings is 1. The Bertz CT molecular complexity index is 317. The van der Waals surface area contributed by atoms with Gasteiger partial charge in [-0.25, -0.2) is 0 Å². The summed E-state index contributed by atoms with van der Waals surface area (Å²) in [5.41, 5.74) is 0. The molecule has 1 aromatic carbocycles. The first-order valence-electron chi connectivity index (χ1n) is 7.32. The molecule has 0 aliphatic carbocycles. The van der Waals surface area contributed by atoms with Gasteiger partial charge in [-0.05, 0) is 37.9 Å². The first-order valence-corrected chi connectivity index (χ1v) is 7.32. The van der Waals surface area contributed by atoms with Crippen LogP contribution in [0.2, 0.25) is 0 Å². The van der Waals surface area contributed by atoms with E-state index in [0.29, 0.717) is 6.10 Å². The molecule has 0 unspecified atom stereocenters. The second-order valence-electron chi connectivity index (χ2n) is 5.18. The maximum Gasteiger partial charge on any atom is 0.119 e. The van der Waals surface area contributed by atoms with Crippen LogP contribution in [-0.4, -0.2) is 30.6 Å². The van der Waals surface area contributed by atoms with Crippen molar-refractivity contribution in [1.82, 2.24) is 4.90 Å². The van der Waals surface area contributed by atoms with Crippen molar-refractivity contribution in [2.24, 2.45) is 0 Å². The number of piperidine rings is 1. The predicted octanol–water partition coefficient (Wildman–Crippen LogP) is 3.72. The summed E-state index contributed by atoms with van der Waals surface area (Å²) in [5.74, 6) is 1.02. The van der Waals surface area contributed by atoms with E-state index in [0.717, 1.165) is 5.75 Å². The van der Waals surface area contributed by atoms with Crippen LogP contribution in [0.1, 0.15) is 39.0 Å². The first-order chi connectivity index (χ1) is 8.88. The van der Waals surface area contributed by atoms with Crippen molar-refractivity contribution < 1.29 is 4.74 Å². The maximum absolute atomic E-state index is 6.00. The lowest BCUT2D eigenvalue weighted by Gasteiger charge is -2.32. The fourth-order valence-electron chi connectivity index (χ4n) is 2.53. The zero-order valence-corrected chi connectivity index (χ0v) is 11.5. The van der Waals surface area contributed by atoms with Gasteiger partial charge < -0.3 is 9.64 Å². The van der Waals surface area contributed by atoms with Crippen molar-refractivity contribution in [3.8, 4) is 5.75 Å². The van der Waals surface area contributed by atoms with Crippen molar-refractivity contribution in [3.63, 3.8) is 0 Å². The highest BCUT2D eigenvalue weighted by Crippen LogP contribution is 2.18. The van der Waals surface area contributed by atoms with Gasteiger partial charge in [0.15, 0.2) is 0 Å². The minimum absolute atomic E-state index is 0.412. The molecule has 0 aromatic heterocycles. The van der Waals surface area contributed by atoms with Gasteiger partial charge >= 0.3 is 0 Å². The Morgan fingerprint density at radius 1 is 1.11 bits per heavy atom. The van der Waals surface area contributed by atoms with Gasteiger partial charge in [0.2, 0.25) is 0 Å². The summed E-state index contributed by atoms with van der Waals surface area (Å²) in [7, 11) is 0. The second-order valence-corrected chi connectivity index (χ2v) is 5.18. The topological polar surface area (TPSA) is 12.5 Å². The van der Waals surface area contributed by atoms with Gasteiger partial charge in [-0.1, -0.05) is 38.0 Å². The molecule has 1 saturated heterocycles. The molecule has 100 valence electrons. The van der Waals surface area contributed by atoms with E-state index in [2.05, 4.69) is 11.8 Å². The lowest BCUT2D eigenvalue weighted by atomic mass is 10.1. The van der Waals surface area contributed by atoms with Crippen molar-refractivity contribution >= 4 is 0 Å². The van der Waals surface area contributed by atoms with E-state index in [1.807, 2.05) is 30.3 Å². The molecule has 18 heavy (non-hydrogen) atoms. The molecule has 0 spiro atoms. The van der Waals surface area contributed by atoms with Gasteiger partial charge in [0.25, 0.3) is 0 Å². The maximum atomic E-state index is 6.00. The normalized spacial score (nSPS) is 17.8. The SMILES string of the molecule is CCCCCN1CCC(Oc2ccccc2)CC1. The van der Waals surface area contributed by atoms with E-state index in [1.165, 1.54) is 51.7 Å². The molecule has 1 heterocycles. The van der Waals surface area contributed by atoms with Gasteiger partial charge in [0, 0.05) is 13.1 Å². The highest BCUT2D eigenvalue weighted by molar-refractivity contribution is 5.21. The number of hydrogen-bond donors (Lipinski definition) is 0. The number of likely N-dealkylation sites (tertiary alicyclic amines) is 1. The third-order valence-corrected chi connectivity index (χ3v) is 3.66. The Labute approximate surface area is 111 Å². The smallest absolute Gasteiger partial charge is 0.119 e. The standard InChI is InChI=1S/C16H25NO/c1-2-3-7-12-17-13-10-16(11-14-17)18-15-8-5-4-6-9-15/h4-6,8-9,16H,2-3,7,10-14H2,1H3. The van der Waals surface area contributed by atoms with Crippen LogP contribution < -0.4 is 4.74 Å². The largest absolute Gasteiger partial charge is 0.490 e. The fourth-order valence-corrected chi connectivity index (χ4v) is 2.53. The summed E-state index contributed by atoms with van der Waals surface area (Å²) >= 11 is 0. The minimum Gasteiger partial charge on any atom is -0.490 e. The van der Waals surface area contributed by atoms with E-state index in [4.69, 9.17) is 4.74 Å².